The van der Waals surface area contributed by atoms with Crippen molar-refractivity contribution in [2.75, 3.05) is 31.9 Å². The summed E-state index contributed by atoms with van der Waals surface area (Å²) in [5, 5.41) is 13.1. The van der Waals surface area contributed by atoms with Crippen molar-refractivity contribution in [3.05, 3.63) is 29.6 Å². The Hall–Kier alpha value is -0.620. The Morgan fingerprint density at radius 1 is 1.27 bits per heavy atom. The summed E-state index contributed by atoms with van der Waals surface area (Å²) < 4.78 is 13.5. The topological polar surface area (TPSA) is 35.5 Å². The van der Waals surface area contributed by atoms with E-state index in [2.05, 4.69) is 10.2 Å². The second-order valence-corrected chi connectivity index (χ2v) is 7.39. The van der Waals surface area contributed by atoms with E-state index in [9.17, 15) is 9.50 Å². The van der Waals surface area contributed by atoms with E-state index in [-0.39, 0.29) is 18.0 Å². The van der Waals surface area contributed by atoms with Crippen LogP contribution in [-0.4, -0.2) is 48.0 Å². The zero-order chi connectivity index (χ0) is 15.4. The molecule has 1 unspecified atom stereocenters. The van der Waals surface area contributed by atoms with Crippen molar-refractivity contribution in [3.8, 4) is 0 Å². The molecule has 0 amide bonds. The van der Waals surface area contributed by atoms with Crippen LogP contribution in [0.5, 0.6) is 0 Å². The van der Waals surface area contributed by atoms with Crippen molar-refractivity contribution in [2.45, 2.75) is 42.7 Å². The highest BCUT2D eigenvalue weighted by Gasteiger charge is 2.21. The molecule has 122 valence electrons. The Balaban J connectivity index is 1.44. The number of rotatable bonds is 5. The van der Waals surface area contributed by atoms with Gasteiger partial charge in [0.1, 0.15) is 5.82 Å². The van der Waals surface area contributed by atoms with Crippen LogP contribution in [0.1, 0.15) is 37.3 Å². The third-order valence-corrected chi connectivity index (χ3v) is 5.73. The van der Waals surface area contributed by atoms with Crippen LogP contribution in [0.4, 0.5) is 4.39 Å². The van der Waals surface area contributed by atoms with Crippen LogP contribution >= 0.6 is 11.8 Å². The lowest BCUT2D eigenvalue weighted by atomic mass is 10.0. The van der Waals surface area contributed by atoms with Gasteiger partial charge in [-0.3, -0.25) is 0 Å². The van der Waals surface area contributed by atoms with E-state index in [1.54, 1.807) is 12.1 Å². The molecule has 0 spiro atoms. The molecule has 0 bridgehead atoms. The summed E-state index contributed by atoms with van der Waals surface area (Å²) in [6.07, 6.45) is 3.88. The summed E-state index contributed by atoms with van der Waals surface area (Å²) in [6, 6.07) is 5.43. The highest BCUT2D eigenvalue weighted by molar-refractivity contribution is 7.99. The van der Waals surface area contributed by atoms with Gasteiger partial charge in [0, 0.05) is 24.0 Å². The zero-order valence-electron chi connectivity index (χ0n) is 12.9. The summed E-state index contributed by atoms with van der Waals surface area (Å²) in [7, 11) is 0. The first-order valence-corrected chi connectivity index (χ1v) is 9.27. The normalized spacial score (nSPS) is 23.5. The van der Waals surface area contributed by atoms with Gasteiger partial charge in [0.2, 0.25) is 0 Å². The maximum atomic E-state index is 13.5. The van der Waals surface area contributed by atoms with E-state index in [0.29, 0.717) is 0 Å². The number of piperidine rings is 1. The molecule has 0 aliphatic carbocycles. The molecule has 3 nitrogen and oxygen atoms in total. The fourth-order valence-corrected chi connectivity index (χ4v) is 4.40. The standard InChI is InChI=1S/C17H25FN2OS/c18-13-2-3-17-15(12-13)16(6-11-22-17)19-7-1-8-20-9-4-14(21)5-10-20/h2-3,12,14,16,19,21H,1,4-11H2. The summed E-state index contributed by atoms with van der Waals surface area (Å²) in [6.45, 7) is 4.06. The van der Waals surface area contributed by atoms with Gasteiger partial charge in [0.05, 0.1) is 6.10 Å². The van der Waals surface area contributed by atoms with E-state index in [0.717, 1.165) is 63.2 Å². The molecule has 1 fully saturated rings. The molecule has 2 heterocycles. The molecular formula is C17H25FN2OS. The van der Waals surface area contributed by atoms with E-state index in [1.165, 1.54) is 4.90 Å². The van der Waals surface area contributed by atoms with E-state index >= 15 is 0 Å². The molecule has 1 saturated heterocycles. The number of halogens is 1. The summed E-state index contributed by atoms with van der Waals surface area (Å²) in [5.74, 6) is 0.959. The lowest BCUT2D eigenvalue weighted by Crippen LogP contribution is -2.37. The Kier molecular flexibility index (Phi) is 5.74. The van der Waals surface area contributed by atoms with Crippen molar-refractivity contribution in [2.24, 2.45) is 0 Å². The monoisotopic (exact) mass is 324 g/mol. The average Bonchev–Trinajstić information content (AvgIpc) is 2.53. The number of nitrogens with one attached hydrogen (secondary N) is 1. The zero-order valence-corrected chi connectivity index (χ0v) is 13.7. The lowest BCUT2D eigenvalue weighted by molar-refractivity contribution is 0.0820. The molecule has 1 atom stereocenters. The molecule has 2 aliphatic rings. The fourth-order valence-electron chi connectivity index (χ4n) is 3.30. The first-order valence-electron chi connectivity index (χ1n) is 8.28. The average molecular weight is 324 g/mol. The molecule has 0 aromatic heterocycles. The third kappa shape index (κ3) is 4.22. The van der Waals surface area contributed by atoms with Crippen LogP contribution in [0.3, 0.4) is 0 Å². The largest absolute Gasteiger partial charge is 0.393 e. The maximum absolute atomic E-state index is 13.5. The second kappa shape index (κ2) is 7.77. The van der Waals surface area contributed by atoms with E-state index < -0.39 is 0 Å². The molecule has 0 saturated carbocycles. The van der Waals surface area contributed by atoms with Gasteiger partial charge in [-0.15, -0.1) is 11.8 Å². The predicted octanol–water partition coefficient (Wildman–Crippen LogP) is 2.80. The van der Waals surface area contributed by atoms with Crippen molar-refractivity contribution in [1.82, 2.24) is 10.2 Å². The lowest BCUT2D eigenvalue weighted by Gasteiger charge is -2.30. The van der Waals surface area contributed by atoms with Crippen LogP contribution in [0.25, 0.3) is 0 Å². The van der Waals surface area contributed by atoms with Gasteiger partial charge in [0.25, 0.3) is 0 Å². The molecule has 3 rings (SSSR count). The van der Waals surface area contributed by atoms with Gasteiger partial charge < -0.3 is 15.3 Å². The molecular weight excluding hydrogens is 299 g/mol. The minimum atomic E-state index is -0.139. The van der Waals surface area contributed by atoms with Gasteiger partial charge in [-0.1, -0.05) is 0 Å². The first kappa shape index (κ1) is 16.2. The van der Waals surface area contributed by atoms with Crippen LogP contribution in [0.15, 0.2) is 23.1 Å². The molecule has 1 aromatic carbocycles. The number of nitrogens with zero attached hydrogens (tertiary/aromatic N) is 1. The highest BCUT2D eigenvalue weighted by atomic mass is 32.2. The van der Waals surface area contributed by atoms with Gasteiger partial charge in [0.15, 0.2) is 0 Å². The van der Waals surface area contributed by atoms with Crippen LogP contribution in [-0.2, 0) is 0 Å². The van der Waals surface area contributed by atoms with Crippen molar-refractivity contribution >= 4 is 11.8 Å². The number of hydrogen-bond donors (Lipinski definition) is 2. The SMILES string of the molecule is OC1CCN(CCCNC2CCSc3ccc(F)cc32)CC1. The molecule has 0 radical (unpaired) electrons. The Labute approximate surface area is 136 Å². The number of thioether (sulfide) groups is 1. The summed E-state index contributed by atoms with van der Waals surface area (Å²) in [5.41, 5.74) is 1.12. The van der Waals surface area contributed by atoms with Gasteiger partial charge >= 0.3 is 0 Å². The van der Waals surface area contributed by atoms with Gasteiger partial charge in [-0.2, -0.15) is 0 Å². The highest BCUT2D eigenvalue weighted by Crippen LogP contribution is 2.36. The second-order valence-electron chi connectivity index (χ2n) is 6.25. The number of hydrogen-bond acceptors (Lipinski definition) is 4. The van der Waals surface area contributed by atoms with Gasteiger partial charge in [-0.05, 0) is 68.3 Å². The molecule has 2 N–H and O–H groups in total. The summed E-state index contributed by atoms with van der Waals surface area (Å²) >= 11 is 1.82. The minimum absolute atomic E-state index is 0.0967. The van der Waals surface area contributed by atoms with E-state index in [4.69, 9.17) is 0 Å². The van der Waals surface area contributed by atoms with Crippen molar-refractivity contribution in [3.63, 3.8) is 0 Å². The van der Waals surface area contributed by atoms with Crippen LogP contribution in [0, 0.1) is 5.82 Å². The van der Waals surface area contributed by atoms with Gasteiger partial charge in [-0.25, -0.2) is 4.39 Å². The van der Waals surface area contributed by atoms with Crippen LogP contribution in [0.2, 0.25) is 0 Å². The Morgan fingerprint density at radius 2 is 2.09 bits per heavy atom. The Bertz CT molecular complexity index is 492. The smallest absolute Gasteiger partial charge is 0.123 e. The Morgan fingerprint density at radius 3 is 2.91 bits per heavy atom. The van der Waals surface area contributed by atoms with Crippen LogP contribution < -0.4 is 5.32 Å². The number of fused-ring (bicyclic) bond motifs is 1. The quantitative estimate of drug-likeness (QED) is 0.817. The number of benzene rings is 1. The molecule has 5 heteroatoms. The molecule has 1 aromatic rings. The van der Waals surface area contributed by atoms with Crippen molar-refractivity contribution < 1.29 is 9.50 Å². The third-order valence-electron chi connectivity index (χ3n) is 4.61. The maximum Gasteiger partial charge on any atom is 0.123 e. The summed E-state index contributed by atoms with van der Waals surface area (Å²) in [4.78, 5) is 3.65. The predicted molar refractivity (Wildman–Crippen MR) is 88.8 cm³/mol. The van der Waals surface area contributed by atoms with E-state index in [1.807, 2.05) is 17.8 Å². The fraction of sp³-hybridized carbons (Fsp3) is 0.647. The molecule has 2 aliphatic heterocycles. The van der Waals surface area contributed by atoms with Crippen molar-refractivity contribution in [1.29, 1.82) is 0 Å². The first-order chi connectivity index (χ1) is 10.7. The number of aliphatic hydroxyl groups is 1. The molecule has 22 heavy (non-hydrogen) atoms. The number of aliphatic hydroxyl groups excluding tert-OH is 1. The number of likely N-dealkylation sites (tertiary alicyclic amines) is 1. The minimum Gasteiger partial charge on any atom is -0.393 e.